The Balaban J connectivity index is 1.62. The predicted molar refractivity (Wildman–Crippen MR) is 91.7 cm³/mol. The highest BCUT2D eigenvalue weighted by Gasteiger charge is 2.51. The largest absolute Gasteiger partial charge is 0.497 e. The van der Waals surface area contributed by atoms with Crippen LogP contribution in [0.2, 0.25) is 0 Å². The maximum Gasteiger partial charge on any atom is 0.243 e. The van der Waals surface area contributed by atoms with Crippen LogP contribution in [0.1, 0.15) is 12.8 Å². The van der Waals surface area contributed by atoms with Gasteiger partial charge >= 0.3 is 0 Å². The van der Waals surface area contributed by atoms with Crippen LogP contribution in [0.5, 0.6) is 5.75 Å². The fourth-order valence-corrected chi connectivity index (χ4v) is 5.13. The van der Waals surface area contributed by atoms with Crippen molar-refractivity contribution in [1.29, 1.82) is 0 Å². The van der Waals surface area contributed by atoms with E-state index in [0.29, 0.717) is 31.4 Å². The van der Waals surface area contributed by atoms with Gasteiger partial charge in [0.25, 0.3) is 0 Å². The Kier molecular flexibility index (Phi) is 4.88. The molecule has 2 heterocycles. The van der Waals surface area contributed by atoms with Crippen LogP contribution in [0.15, 0.2) is 29.2 Å². The summed E-state index contributed by atoms with van der Waals surface area (Å²) < 4.78 is 38.1. The zero-order valence-electron chi connectivity index (χ0n) is 14.6. The van der Waals surface area contributed by atoms with Gasteiger partial charge in [0.05, 0.1) is 24.2 Å². The number of ether oxygens (including phenoxy) is 2. The van der Waals surface area contributed by atoms with Crippen molar-refractivity contribution in [2.24, 2.45) is 5.92 Å². The molecule has 1 aromatic rings. The molecule has 2 fully saturated rings. The van der Waals surface area contributed by atoms with E-state index in [0.717, 1.165) is 19.4 Å². The van der Waals surface area contributed by atoms with Crippen molar-refractivity contribution in [3.63, 3.8) is 0 Å². The predicted octanol–water partition coefficient (Wildman–Crippen LogP) is 1.43. The van der Waals surface area contributed by atoms with Gasteiger partial charge in [-0.15, -0.1) is 0 Å². The van der Waals surface area contributed by atoms with Crippen LogP contribution in [0.4, 0.5) is 0 Å². The number of hydrogen-bond donors (Lipinski definition) is 0. The summed E-state index contributed by atoms with van der Waals surface area (Å²) in [5.41, 5.74) is -0.283. The Morgan fingerprint density at radius 2 is 2.12 bits per heavy atom. The van der Waals surface area contributed by atoms with E-state index in [1.807, 2.05) is 0 Å². The summed E-state index contributed by atoms with van der Waals surface area (Å²) in [6.07, 6.45) is 2.01. The Morgan fingerprint density at radius 3 is 2.71 bits per heavy atom. The molecule has 6 nitrogen and oxygen atoms in total. The molecule has 0 saturated carbocycles. The minimum atomic E-state index is -3.48. The first-order valence-electron chi connectivity index (χ1n) is 8.28. The van der Waals surface area contributed by atoms with Gasteiger partial charge in [-0.3, -0.25) is 0 Å². The molecule has 0 N–H and O–H groups in total. The summed E-state index contributed by atoms with van der Waals surface area (Å²) in [6, 6.07) is 6.61. The SMILES string of the molecule is COc1cccc(S(=O)(=O)N2CC3(CC[C@@H](CN(C)C)CO3)C2)c1. The van der Waals surface area contributed by atoms with E-state index in [1.165, 1.54) is 11.4 Å². The normalized spacial score (nSPS) is 24.1. The number of rotatable bonds is 5. The second kappa shape index (κ2) is 6.63. The average molecular weight is 354 g/mol. The Labute approximate surface area is 144 Å². The lowest BCUT2D eigenvalue weighted by molar-refractivity contribution is -0.158. The van der Waals surface area contributed by atoms with E-state index in [9.17, 15) is 8.42 Å². The number of benzene rings is 1. The molecule has 1 aromatic carbocycles. The maximum atomic E-state index is 12.7. The molecule has 134 valence electrons. The first-order valence-corrected chi connectivity index (χ1v) is 9.72. The second-order valence-electron chi connectivity index (χ2n) is 7.11. The summed E-state index contributed by atoms with van der Waals surface area (Å²) in [7, 11) is 2.19. The summed E-state index contributed by atoms with van der Waals surface area (Å²) >= 11 is 0. The molecule has 1 atom stereocenters. The van der Waals surface area contributed by atoms with E-state index in [4.69, 9.17) is 9.47 Å². The van der Waals surface area contributed by atoms with Gasteiger partial charge in [0.2, 0.25) is 10.0 Å². The van der Waals surface area contributed by atoms with Crippen LogP contribution in [0.3, 0.4) is 0 Å². The van der Waals surface area contributed by atoms with Crippen LogP contribution in [-0.2, 0) is 14.8 Å². The van der Waals surface area contributed by atoms with Crippen molar-refractivity contribution in [2.45, 2.75) is 23.3 Å². The van der Waals surface area contributed by atoms with E-state index < -0.39 is 10.0 Å². The van der Waals surface area contributed by atoms with Gasteiger partial charge in [0, 0.05) is 25.7 Å². The van der Waals surface area contributed by atoms with Crippen molar-refractivity contribution >= 4 is 10.0 Å². The number of sulfonamides is 1. The maximum absolute atomic E-state index is 12.7. The third-order valence-corrected chi connectivity index (χ3v) is 6.65. The van der Waals surface area contributed by atoms with E-state index in [1.54, 1.807) is 24.3 Å². The Bertz CT molecular complexity index is 674. The van der Waals surface area contributed by atoms with Gasteiger partial charge in [-0.1, -0.05) is 6.07 Å². The minimum Gasteiger partial charge on any atom is -0.497 e. The van der Waals surface area contributed by atoms with E-state index in [2.05, 4.69) is 19.0 Å². The smallest absolute Gasteiger partial charge is 0.243 e. The third kappa shape index (κ3) is 3.44. The lowest BCUT2D eigenvalue weighted by Crippen LogP contribution is -2.66. The zero-order valence-corrected chi connectivity index (χ0v) is 15.4. The first kappa shape index (κ1) is 17.7. The molecule has 0 amide bonds. The number of hydrogen-bond acceptors (Lipinski definition) is 5. The molecule has 0 unspecified atom stereocenters. The van der Waals surface area contributed by atoms with Crippen molar-refractivity contribution in [2.75, 3.05) is 47.4 Å². The van der Waals surface area contributed by atoms with Crippen LogP contribution in [0, 0.1) is 5.92 Å². The molecule has 0 aliphatic carbocycles. The second-order valence-corrected chi connectivity index (χ2v) is 9.05. The Hall–Kier alpha value is -1.15. The summed E-state index contributed by atoms with van der Waals surface area (Å²) in [4.78, 5) is 2.45. The van der Waals surface area contributed by atoms with Crippen LogP contribution in [-0.4, -0.2) is 70.7 Å². The van der Waals surface area contributed by atoms with Crippen LogP contribution < -0.4 is 4.74 Å². The van der Waals surface area contributed by atoms with Gasteiger partial charge in [-0.05, 0) is 45.0 Å². The topological polar surface area (TPSA) is 59.1 Å². The molecule has 1 spiro atoms. The van der Waals surface area contributed by atoms with Crippen LogP contribution in [0.25, 0.3) is 0 Å². The van der Waals surface area contributed by atoms with Crippen molar-refractivity contribution < 1.29 is 17.9 Å². The number of nitrogens with zero attached hydrogens (tertiary/aromatic N) is 2. The van der Waals surface area contributed by atoms with Crippen molar-refractivity contribution in [3.8, 4) is 5.75 Å². The number of methoxy groups -OCH3 is 1. The minimum absolute atomic E-state index is 0.276. The quantitative estimate of drug-likeness (QED) is 0.801. The fraction of sp³-hybridized carbons (Fsp3) is 0.647. The molecule has 0 aromatic heterocycles. The molecule has 2 aliphatic rings. The highest BCUT2D eigenvalue weighted by molar-refractivity contribution is 7.89. The van der Waals surface area contributed by atoms with Gasteiger partial charge in [-0.25, -0.2) is 8.42 Å². The molecule has 24 heavy (non-hydrogen) atoms. The average Bonchev–Trinajstić information content (AvgIpc) is 2.53. The molecule has 3 rings (SSSR count). The van der Waals surface area contributed by atoms with Gasteiger partial charge in [0.1, 0.15) is 5.75 Å². The van der Waals surface area contributed by atoms with Gasteiger partial charge < -0.3 is 14.4 Å². The molecular weight excluding hydrogens is 328 g/mol. The highest BCUT2D eigenvalue weighted by Crippen LogP contribution is 2.39. The van der Waals surface area contributed by atoms with Gasteiger partial charge in [0.15, 0.2) is 0 Å². The molecule has 2 saturated heterocycles. The molecule has 2 aliphatic heterocycles. The monoisotopic (exact) mass is 354 g/mol. The summed E-state index contributed by atoms with van der Waals surface area (Å²) in [5.74, 6) is 1.08. The van der Waals surface area contributed by atoms with E-state index >= 15 is 0 Å². The molecule has 7 heteroatoms. The molecular formula is C17H26N2O4S. The molecule has 0 bridgehead atoms. The fourth-order valence-electron chi connectivity index (χ4n) is 3.50. The lowest BCUT2D eigenvalue weighted by atomic mass is 9.84. The lowest BCUT2D eigenvalue weighted by Gasteiger charge is -2.52. The Morgan fingerprint density at radius 1 is 1.38 bits per heavy atom. The summed E-state index contributed by atoms with van der Waals surface area (Å²) in [5, 5.41) is 0. The standard InChI is InChI=1S/C17H26N2O4S/c1-18(2)10-14-7-8-17(23-11-14)12-19(13-17)24(20,21)16-6-4-5-15(9-16)22-3/h4-6,9,14H,7-8,10-13H2,1-3H3/t14-/m0/s1. The highest BCUT2D eigenvalue weighted by atomic mass is 32.2. The van der Waals surface area contributed by atoms with Crippen molar-refractivity contribution in [1.82, 2.24) is 9.21 Å². The van der Waals surface area contributed by atoms with Crippen LogP contribution >= 0.6 is 0 Å². The van der Waals surface area contributed by atoms with Gasteiger partial charge in [-0.2, -0.15) is 4.31 Å². The van der Waals surface area contributed by atoms with Crippen molar-refractivity contribution in [3.05, 3.63) is 24.3 Å². The van der Waals surface area contributed by atoms with E-state index in [-0.39, 0.29) is 10.5 Å². The molecule has 0 radical (unpaired) electrons. The zero-order chi connectivity index (χ0) is 17.4. The summed E-state index contributed by atoms with van der Waals surface area (Å²) in [6.45, 7) is 2.62. The third-order valence-electron chi connectivity index (χ3n) is 4.86. The first-order chi connectivity index (χ1) is 11.3.